The first-order valence-electron chi connectivity index (χ1n) is 2.93. The van der Waals surface area contributed by atoms with Crippen LogP contribution in [0.1, 0.15) is 13.8 Å². The number of rotatable bonds is 2. The zero-order chi connectivity index (χ0) is 8.31. The Kier molecular flexibility index (Phi) is 3.23. The Bertz CT molecular complexity index is 179. The summed E-state index contributed by atoms with van der Waals surface area (Å²) in [5, 5.41) is 0.518. The van der Waals surface area contributed by atoms with E-state index in [1.165, 1.54) is 0 Å². The Labute approximate surface area is 66.9 Å². The fraction of sp³-hybridized carbons (Fsp3) is 0.250. The van der Waals surface area contributed by atoms with E-state index in [4.69, 9.17) is 17.3 Å². The summed E-state index contributed by atoms with van der Waals surface area (Å²) in [5.41, 5.74) is 7.76. The molecule has 0 aromatic carbocycles. The maximum atomic E-state index is 5.62. The first-order valence-corrected chi connectivity index (χ1v) is 3.31. The highest BCUT2D eigenvalue weighted by Gasteiger charge is 1.98. The minimum absolute atomic E-state index is 0.518. The molecule has 0 unspecified atom stereocenters. The molecule has 0 aliphatic rings. The molecule has 0 aliphatic heterocycles. The molecule has 0 bridgehead atoms. The van der Waals surface area contributed by atoms with Gasteiger partial charge in [0.2, 0.25) is 0 Å². The molecular weight excluding hydrogens is 146 g/mol. The van der Waals surface area contributed by atoms with E-state index in [9.17, 15) is 0 Å². The van der Waals surface area contributed by atoms with Crippen LogP contribution in [-0.2, 0) is 0 Å². The molecule has 0 saturated heterocycles. The van der Waals surface area contributed by atoms with Gasteiger partial charge in [-0.1, -0.05) is 24.8 Å². The Balaban J connectivity index is 4.67. The number of nitrogens with two attached hydrogens (primary N) is 1. The lowest BCUT2D eigenvalue weighted by Gasteiger charge is -2.03. The summed E-state index contributed by atoms with van der Waals surface area (Å²) in [6, 6.07) is 0. The van der Waals surface area contributed by atoms with Crippen molar-refractivity contribution in [1.82, 2.24) is 0 Å². The highest BCUT2D eigenvalue weighted by atomic mass is 35.5. The minimum Gasteiger partial charge on any atom is -0.399 e. The summed E-state index contributed by atoms with van der Waals surface area (Å²) < 4.78 is 0. The van der Waals surface area contributed by atoms with Gasteiger partial charge in [-0.15, -0.1) is 0 Å². The predicted octanol–water partition coefficient (Wildman–Crippen LogP) is 2.55. The molecule has 2 heteroatoms. The second kappa shape index (κ2) is 3.47. The molecule has 1 nitrogen and oxygen atoms in total. The van der Waals surface area contributed by atoms with Crippen molar-refractivity contribution in [3.63, 3.8) is 0 Å². The SMILES string of the molecule is C=C(N)/C(C)=C(/C)C(=C)Cl. The third-order valence-corrected chi connectivity index (χ3v) is 1.73. The Hall–Kier alpha value is -0.690. The first-order chi connectivity index (χ1) is 4.46. The standard InChI is InChI=1S/C8H12ClN/c1-5(7(3)9)6(2)8(4)10/h3-4,10H2,1-2H3/b6-5-. The highest BCUT2D eigenvalue weighted by molar-refractivity contribution is 6.31. The van der Waals surface area contributed by atoms with Gasteiger partial charge in [0.1, 0.15) is 0 Å². The second-order valence-electron chi connectivity index (χ2n) is 2.18. The number of allylic oxidation sites excluding steroid dienone is 3. The summed E-state index contributed by atoms with van der Waals surface area (Å²) in [7, 11) is 0. The normalized spacial score (nSPS) is 12.3. The molecule has 0 spiro atoms. The molecule has 0 fully saturated rings. The van der Waals surface area contributed by atoms with Crippen LogP contribution >= 0.6 is 11.6 Å². The van der Waals surface area contributed by atoms with E-state index in [0.717, 1.165) is 11.1 Å². The zero-order valence-corrected chi connectivity index (χ0v) is 7.13. The van der Waals surface area contributed by atoms with Crippen LogP contribution < -0.4 is 5.73 Å². The molecule has 0 radical (unpaired) electrons. The summed E-state index contributed by atoms with van der Waals surface area (Å²) in [4.78, 5) is 0. The molecule has 0 aromatic rings. The maximum absolute atomic E-state index is 5.62. The van der Waals surface area contributed by atoms with Crippen molar-refractivity contribution in [2.45, 2.75) is 13.8 Å². The van der Waals surface area contributed by atoms with Crippen LogP contribution in [0.15, 0.2) is 35.0 Å². The van der Waals surface area contributed by atoms with Gasteiger partial charge in [-0.3, -0.25) is 0 Å². The van der Waals surface area contributed by atoms with E-state index in [2.05, 4.69) is 13.2 Å². The third kappa shape index (κ3) is 2.28. The third-order valence-electron chi connectivity index (χ3n) is 1.45. The van der Waals surface area contributed by atoms with Crippen LogP contribution in [0.25, 0.3) is 0 Å². The number of hydrogen-bond acceptors (Lipinski definition) is 1. The molecule has 0 rings (SSSR count). The largest absolute Gasteiger partial charge is 0.399 e. The minimum atomic E-state index is 0.518. The van der Waals surface area contributed by atoms with Gasteiger partial charge in [0.05, 0.1) is 0 Å². The van der Waals surface area contributed by atoms with Crippen LogP contribution in [0, 0.1) is 0 Å². The van der Waals surface area contributed by atoms with Gasteiger partial charge in [-0.2, -0.15) is 0 Å². The topological polar surface area (TPSA) is 26.0 Å². The van der Waals surface area contributed by atoms with Gasteiger partial charge in [-0.05, 0) is 25.0 Å². The zero-order valence-electron chi connectivity index (χ0n) is 6.37. The van der Waals surface area contributed by atoms with Crippen molar-refractivity contribution in [1.29, 1.82) is 0 Å². The number of halogens is 1. The van der Waals surface area contributed by atoms with Crippen LogP contribution in [-0.4, -0.2) is 0 Å². The molecular formula is C8H12ClN. The maximum Gasteiger partial charge on any atom is 0.0366 e. The van der Waals surface area contributed by atoms with Crippen LogP contribution in [0.5, 0.6) is 0 Å². The molecule has 0 saturated carbocycles. The first kappa shape index (κ1) is 9.31. The monoisotopic (exact) mass is 157 g/mol. The molecule has 2 N–H and O–H groups in total. The lowest BCUT2D eigenvalue weighted by molar-refractivity contribution is 1.24. The van der Waals surface area contributed by atoms with Crippen molar-refractivity contribution in [3.8, 4) is 0 Å². The van der Waals surface area contributed by atoms with E-state index >= 15 is 0 Å². The van der Waals surface area contributed by atoms with Crippen LogP contribution in [0.4, 0.5) is 0 Å². The lowest BCUT2D eigenvalue weighted by atomic mass is 10.1. The Morgan fingerprint density at radius 3 is 1.70 bits per heavy atom. The smallest absolute Gasteiger partial charge is 0.0366 e. The molecule has 10 heavy (non-hydrogen) atoms. The summed E-state index contributed by atoms with van der Waals surface area (Å²) >= 11 is 5.62. The van der Waals surface area contributed by atoms with E-state index in [0.29, 0.717) is 10.7 Å². The fourth-order valence-electron chi connectivity index (χ4n) is 0.444. The quantitative estimate of drug-likeness (QED) is 0.613. The van der Waals surface area contributed by atoms with Crippen LogP contribution in [0.3, 0.4) is 0 Å². The fourth-order valence-corrected chi connectivity index (χ4v) is 0.586. The molecule has 0 atom stereocenters. The molecule has 0 aromatic heterocycles. The Morgan fingerprint density at radius 1 is 1.20 bits per heavy atom. The lowest BCUT2D eigenvalue weighted by Crippen LogP contribution is -1.98. The molecule has 0 amide bonds. The van der Waals surface area contributed by atoms with Crippen LogP contribution in [0.2, 0.25) is 0 Å². The molecule has 0 heterocycles. The predicted molar refractivity (Wildman–Crippen MR) is 46.7 cm³/mol. The summed E-state index contributed by atoms with van der Waals surface area (Å²) in [6.07, 6.45) is 0. The van der Waals surface area contributed by atoms with Crippen molar-refractivity contribution in [3.05, 3.63) is 35.0 Å². The molecule has 56 valence electrons. The van der Waals surface area contributed by atoms with E-state index in [-0.39, 0.29) is 0 Å². The highest BCUT2D eigenvalue weighted by Crippen LogP contribution is 2.17. The second-order valence-corrected chi connectivity index (χ2v) is 2.64. The van der Waals surface area contributed by atoms with Gasteiger partial charge in [0.25, 0.3) is 0 Å². The Morgan fingerprint density at radius 2 is 1.60 bits per heavy atom. The van der Waals surface area contributed by atoms with Gasteiger partial charge >= 0.3 is 0 Å². The van der Waals surface area contributed by atoms with Gasteiger partial charge in [0.15, 0.2) is 0 Å². The van der Waals surface area contributed by atoms with Crippen molar-refractivity contribution in [2.75, 3.05) is 0 Å². The average Bonchev–Trinajstić information content (AvgIpc) is 1.84. The average molecular weight is 158 g/mol. The van der Waals surface area contributed by atoms with Gasteiger partial charge in [-0.25, -0.2) is 0 Å². The van der Waals surface area contributed by atoms with Crippen molar-refractivity contribution >= 4 is 11.6 Å². The van der Waals surface area contributed by atoms with E-state index in [1.54, 1.807) is 0 Å². The summed E-state index contributed by atoms with van der Waals surface area (Å²) in [6.45, 7) is 10.9. The van der Waals surface area contributed by atoms with Crippen molar-refractivity contribution in [2.24, 2.45) is 5.73 Å². The van der Waals surface area contributed by atoms with Gasteiger partial charge < -0.3 is 5.73 Å². The van der Waals surface area contributed by atoms with Gasteiger partial charge in [0, 0.05) is 10.7 Å². The number of hydrogen-bond donors (Lipinski definition) is 1. The van der Waals surface area contributed by atoms with E-state index in [1.807, 2.05) is 13.8 Å². The van der Waals surface area contributed by atoms with E-state index < -0.39 is 0 Å². The van der Waals surface area contributed by atoms with Crippen molar-refractivity contribution < 1.29 is 0 Å². The summed E-state index contributed by atoms with van der Waals surface area (Å²) in [5.74, 6) is 0. The molecule has 0 aliphatic carbocycles.